The van der Waals surface area contributed by atoms with Crippen molar-refractivity contribution >= 4 is 11.8 Å². The molecule has 5 heteroatoms. The average Bonchev–Trinajstić information content (AvgIpc) is 3.31. The first-order valence-corrected chi connectivity index (χ1v) is 9.35. The number of likely N-dealkylation sites (tertiary alicyclic amines) is 2. The molecule has 2 amide bonds. The van der Waals surface area contributed by atoms with Gasteiger partial charge >= 0.3 is 0 Å². The standard InChI is InChI=1S/C19H27N3O2/c1-14-16(7-10-20-14)17(23)21-12-9-19(13-21)8-4-11-22(18(19)24)15-5-2-3-6-15/h7,10,15,20H,2-6,8-9,11-13H2,1H3/t19-/m1/s1. The van der Waals surface area contributed by atoms with E-state index in [9.17, 15) is 9.59 Å². The number of aromatic nitrogens is 1. The molecule has 4 rings (SSSR count). The molecule has 0 radical (unpaired) electrons. The molecular formula is C19H27N3O2. The van der Waals surface area contributed by atoms with Gasteiger partial charge in [0.2, 0.25) is 5.91 Å². The number of piperidine rings is 1. The number of hydrogen-bond donors (Lipinski definition) is 1. The van der Waals surface area contributed by atoms with Crippen LogP contribution in [0.1, 0.15) is 61.0 Å². The van der Waals surface area contributed by atoms with E-state index in [0.717, 1.165) is 49.9 Å². The van der Waals surface area contributed by atoms with E-state index in [1.807, 2.05) is 24.1 Å². The highest BCUT2D eigenvalue weighted by molar-refractivity contribution is 5.96. The molecule has 3 fully saturated rings. The van der Waals surface area contributed by atoms with Gasteiger partial charge < -0.3 is 14.8 Å². The number of aromatic amines is 1. The predicted molar refractivity (Wildman–Crippen MR) is 91.7 cm³/mol. The third-order valence-corrected chi connectivity index (χ3v) is 6.36. The zero-order valence-corrected chi connectivity index (χ0v) is 14.5. The lowest BCUT2D eigenvalue weighted by molar-refractivity contribution is -0.148. The van der Waals surface area contributed by atoms with E-state index in [1.54, 1.807) is 0 Å². The molecule has 0 bridgehead atoms. The van der Waals surface area contributed by atoms with Gasteiger partial charge in [0.1, 0.15) is 0 Å². The molecule has 1 N–H and O–H groups in total. The number of aryl methyl sites for hydroxylation is 1. The molecule has 1 saturated carbocycles. The van der Waals surface area contributed by atoms with Crippen LogP contribution in [0.2, 0.25) is 0 Å². The summed E-state index contributed by atoms with van der Waals surface area (Å²) in [5.41, 5.74) is 1.33. The predicted octanol–water partition coefficient (Wildman–Crippen LogP) is 2.72. The summed E-state index contributed by atoms with van der Waals surface area (Å²) < 4.78 is 0. The SMILES string of the molecule is Cc1[nH]ccc1C(=O)N1CC[C@]2(CCCN(C3CCCC3)C2=O)C1. The molecule has 1 spiro atoms. The normalized spacial score (nSPS) is 28.3. The Morgan fingerprint density at radius 1 is 1.21 bits per heavy atom. The van der Waals surface area contributed by atoms with Crippen molar-refractivity contribution in [2.24, 2.45) is 5.41 Å². The van der Waals surface area contributed by atoms with Crippen LogP contribution >= 0.6 is 0 Å². The third kappa shape index (κ3) is 2.45. The van der Waals surface area contributed by atoms with Crippen LogP contribution in [-0.4, -0.2) is 52.3 Å². The second kappa shape index (κ2) is 5.94. The van der Waals surface area contributed by atoms with E-state index >= 15 is 0 Å². The van der Waals surface area contributed by atoms with Crippen molar-refractivity contribution in [1.29, 1.82) is 0 Å². The number of hydrogen-bond acceptors (Lipinski definition) is 2. The van der Waals surface area contributed by atoms with E-state index < -0.39 is 0 Å². The summed E-state index contributed by atoms with van der Waals surface area (Å²) in [7, 11) is 0. The number of rotatable bonds is 2. The lowest BCUT2D eigenvalue weighted by Crippen LogP contribution is -2.53. The lowest BCUT2D eigenvalue weighted by Gasteiger charge is -2.42. The number of carbonyl (C=O) groups excluding carboxylic acids is 2. The molecule has 2 aliphatic heterocycles. The Kier molecular flexibility index (Phi) is 3.89. The fourth-order valence-corrected chi connectivity index (χ4v) is 4.94. The molecule has 1 aromatic rings. The second-order valence-corrected chi connectivity index (χ2v) is 7.81. The van der Waals surface area contributed by atoms with Gasteiger partial charge in [-0.1, -0.05) is 12.8 Å². The second-order valence-electron chi connectivity index (χ2n) is 7.81. The molecule has 1 atom stereocenters. The topological polar surface area (TPSA) is 56.4 Å². The number of nitrogens with zero attached hydrogens (tertiary/aromatic N) is 2. The minimum atomic E-state index is -0.319. The van der Waals surface area contributed by atoms with Gasteiger partial charge in [-0.15, -0.1) is 0 Å². The zero-order valence-electron chi connectivity index (χ0n) is 14.5. The lowest BCUT2D eigenvalue weighted by atomic mass is 9.77. The molecule has 1 aromatic heterocycles. The van der Waals surface area contributed by atoms with Gasteiger partial charge in [0.25, 0.3) is 5.91 Å². The molecular weight excluding hydrogens is 302 g/mol. The molecule has 1 aliphatic carbocycles. The van der Waals surface area contributed by atoms with E-state index in [0.29, 0.717) is 25.0 Å². The number of H-pyrrole nitrogens is 1. The number of carbonyl (C=O) groups is 2. The van der Waals surface area contributed by atoms with Crippen LogP contribution in [0.4, 0.5) is 0 Å². The van der Waals surface area contributed by atoms with Crippen molar-refractivity contribution in [1.82, 2.24) is 14.8 Å². The smallest absolute Gasteiger partial charge is 0.255 e. The zero-order chi connectivity index (χ0) is 16.7. The first-order chi connectivity index (χ1) is 11.6. The van der Waals surface area contributed by atoms with E-state index in [1.165, 1.54) is 12.8 Å². The summed E-state index contributed by atoms with van der Waals surface area (Å²) in [5, 5.41) is 0. The minimum Gasteiger partial charge on any atom is -0.365 e. The molecule has 0 aromatic carbocycles. The maximum absolute atomic E-state index is 13.2. The van der Waals surface area contributed by atoms with Crippen molar-refractivity contribution in [2.75, 3.05) is 19.6 Å². The highest BCUT2D eigenvalue weighted by atomic mass is 16.2. The van der Waals surface area contributed by atoms with E-state index in [-0.39, 0.29) is 11.3 Å². The van der Waals surface area contributed by atoms with Crippen LogP contribution in [0.3, 0.4) is 0 Å². The summed E-state index contributed by atoms with van der Waals surface area (Å²) in [6, 6.07) is 2.29. The first kappa shape index (κ1) is 15.7. The van der Waals surface area contributed by atoms with Crippen LogP contribution in [0.15, 0.2) is 12.3 Å². The molecule has 0 unspecified atom stereocenters. The molecule has 5 nitrogen and oxygen atoms in total. The van der Waals surface area contributed by atoms with Gasteiger partial charge in [0, 0.05) is 37.6 Å². The Morgan fingerprint density at radius 2 is 2.00 bits per heavy atom. The minimum absolute atomic E-state index is 0.0661. The largest absolute Gasteiger partial charge is 0.365 e. The van der Waals surface area contributed by atoms with Crippen molar-refractivity contribution < 1.29 is 9.59 Å². The maximum Gasteiger partial charge on any atom is 0.255 e. The van der Waals surface area contributed by atoms with Crippen LogP contribution in [0, 0.1) is 12.3 Å². The highest BCUT2D eigenvalue weighted by Gasteiger charge is 2.50. The summed E-state index contributed by atoms with van der Waals surface area (Å²) in [4.78, 5) is 33.1. The Balaban J connectivity index is 1.51. The maximum atomic E-state index is 13.2. The van der Waals surface area contributed by atoms with Gasteiger partial charge in [0.05, 0.1) is 11.0 Å². The highest BCUT2D eigenvalue weighted by Crippen LogP contribution is 2.42. The third-order valence-electron chi connectivity index (χ3n) is 6.36. The molecule has 2 saturated heterocycles. The van der Waals surface area contributed by atoms with Crippen LogP contribution in [0.5, 0.6) is 0 Å². The number of amides is 2. The Morgan fingerprint density at radius 3 is 2.71 bits per heavy atom. The molecule has 3 aliphatic rings. The summed E-state index contributed by atoms with van der Waals surface area (Å²) in [6.07, 6.45) is 9.46. The van der Waals surface area contributed by atoms with Gasteiger partial charge in [-0.05, 0) is 45.1 Å². The van der Waals surface area contributed by atoms with Crippen LogP contribution in [-0.2, 0) is 4.79 Å². The number of nitrogens with one attached hydrogen (secondary N) is 1. The van der Waals surface area contributed by atoms with E-state index in [2.05, 4.69) is 9.88 Å². The molecule has 3 heterocycles. The van der Waals surface area contributed by atoms with Crippen LogP contribution in [0.25, 0.3) is 0 Å². The van der Waals surface area contributed by atoms with Gasteiger partial charge in [0.15, 0.2) is 0 Å². The Labute approximate surface area is 143 Å². The van der Waals surface area contributed by atoms with Crippen molar-refractivity contribution in [3.8, 4) is 0 Å². The van der Waals surface area contributed by atoms with Crippen LogP contribution < -0.4 is 0 Å². The summed E-state index contributed by atoms with van der Waals surface area (Å²) >= 11 is 0. The summed E-state index contributed by atoms with van der Waals surface area (Å²) in [5.74, 6) is 0.387. The van der Waals surface area contributed by atoms with Crippen molar-refractivity contribution in [3.05, 3.63) is 23.5 Å². The van der Waals surface area contributed by atoms with Crippen molar-refractivity contribution in [2.45, 2.75) is 57.9 Å². The van der Waals surface area contributed by atoms with Gasteiger partial charge in [-0.3, -0.25) is 9.59 Å². The van der Waals surface area contributed by atoms with Gasteiger partial charge in [-0.25, -0.2) is 0 Å². The fraction of sp³-hybridized carbons (Fsp3) is 0.684. The first-order valence-electron chi connectivity index (χ1n) is 9.35. The summed E-state index contributed by atoms with van der Waals surface area (Å²) in [6.45, 7) is 4.13. The Hall–Kier alpha value is -1.78. The molecule has 130 valence electrons. The van der Waals surface area contributed by atoms with Crippen molar-refractivity contribution in [3.63, 3.8) is 0 Å². The Bertz CT molecular complexity index is 647. The average molecular weight is 329 g/mol. The fourth-order valence-electron chi connectivity index (χ4n) is 4.94. The van der Waals surface area contributed by atoms with E-state index in [4.69, 9.17) is 0 Å². The van der Waals surface area contributed by atoms with Gasteiger partial charge in [-0.2, -0.15) is 0 Å². The monoisotopic (exact) mass is 329 g/mol. The molecule has 24 heavy (non-hydrogen) atoms. The quantitative estimate of drug-likeness (QED) is 0.907.